The third-order valence-corrected chi connectivity index (χ3v) is 8.70. The van der Waals surface area contributed by atoms with E-state index in [1.807, 2.05) is 20.8 Å². The number of nitrogens with one attached hydrogen (secondary N) is 1. The zero-order valence-electron chi connectivity index (χ0n) is 29.3. The molecule has 2 aliphatic rings. The van der Waals surface area contributed by atoms with Crippen LogP contribution in [0.15, 0.2) is 36.7 Å². The first kappa shape index (κ1) is 39.2. The normalized spacial score (nSPS) is 16.1. The maximum atomic E-state index is 14.2. The van der Waals surface area contributed by atoms with Gasteiger partial charge in [-0.3, -0.25) is 9.69 Å². The van der Waals surface area contributed by atoms with Gasteiger partial charge in [0.25, 0.3) is 11.8 Å². The lowest BCUT2D eigenvalue weighted by Crippen LogP contribution is -2.62. The zero-order valence-corrected chi connectivity index (χ0v) is 29.3. The number of anilines is 1. The molecule has 2 saturated heterocycles. The lowest BCUT2D eigenvalue weighted by molar-refractivity contribution is -0.134. The topological polar surface area (TPSA) is 171 Å². The van der Waals surface area contributed by atoms with Crippen LogP contribution >= 0.6 is 0 Å². The molecule has 1 aromatic carbocycles. The second-order valence-electron chi connectivity index (χ2n) is 12.9. The van der Waals surface area contributed by atoms with E-state index in [9.17, 15) is 18.8 Å². The molecule has 3 N–H and O–H groups in total. The Hall–Kier alpha value is -4.21. The highest BCUT2D eigenvalue weighted by atomic mass is 19.1. The molecule has 270 valence electrons. The number of hydrogen-bond acceptors (Lipinski definition) is 11. The van der Waals surface area contributed by atoms with E-state index in [-0.39, 0.29) is 34.6 Å². The smallest absolute Gasteiger partial charge is 0.328 e. The van der Waals surface area contributed by atoms with Crippen molar-refractivity contribution in [2.45, 2.75) is 59.5 Å². The van der Waals surface area contributed by atoms with Gasteiger partial charge >= 0.3 is 11.9 Å². The number of nitrogens with zero attached hydrogens (tertiary/aromatic N) is 6. The summed E-state index contributed by atoms with van der Waals surface area (Å²) < 4.78 is 25.5. The van der Waals surface area contributed by atoms with E-state index in [1.54, 1.807) is 12.0 Å². The van der Waals surface area contributed by atoms with Crippen molar-refractivity contribution >= 4 is 23.7 Å². The second kappa shape index (κ2) is 18.5. The van der Waals surface area contributed by atoms with Crippen LogP contribution in [0.25, 0.3) is 0 Å². The summed E-state index contributed by atoms with van der Waals surface area (Å²) in [6, 6.07) is 4.47. The predicted octanol–water partition coefficient (Wildman–Crippen LogP) is 3.55. The van der Waals surface area contributed by atoms with Crippen LogP contribution in [0.1, 0.15) is 57.8 Å². The highest BCUT2D eigenvalue weighted by Gasteiger charge is 2.50. The maximum absolute atomic E-state index is 14.2. The van der Waals surface area contributed by atoms with Crippen molar-refractivity contribution in [2.24, 2.45) is 11.3 Å². The van der Waals surface area contributed by atoms with E-state index in [2.05, 4.69) is 44.1 Å². The Morgan fingerprint density at radius 1 is 1.10 bits per heavy atom. The largest absolute Gasteiger partial charge is 0.478 e. The number of aromatic nitrogens is 3. The number of amides is 1. The summed E-state index contributed by atoms with van der Waals surface area (Å²) in [5, 5.41) is 27.3. The van der Waals surface area contributed by atoms with Gasteiger partial charge in [0.2, 0.25) is 0 Å². The van der Waals surface area contributed by atoms with Crippen LogP contribution < -0.4 is 15.0 Å². The molecule has 14 nitrogen and oxygen atoms in total. The number of carboxylic acid groups (broad SMARTS) is 2. The third kappa shape index (κ3) is 11.2. The minimum atomic E-state index is -1.26. The minimum absolute atomic E-state index is 0.0394. The molecule has 2 fully saturated rings. The van der Waals surface area contributed by atoms with Gasteiger partial charge in [-0.2, -0.15) is 0 Å². The molecule has 0 radical (unpaired) electrons. The monoisotopic (exact) mass is 687 g/mol. The van der Waals surface area contributed by atoms with Crippen molar-refractivity contribution in [1.29, 1.82) is 0 Å². The van der Waals surface area contributed by atoms with Crippen molar-refractivity contribution in [1.82, 2.24) is 30.3 Å². The second-order valence-corrected chi connectivity index (χ2v) is 12.9. The van der Waals surface area contributed by atoms with Crippen LogP contribution in [0.4, 0.5) is 10.2 Å². The van der Waals surface area contributed by atoms with E-state index < -0.39 is 17.8 Å². The molecule has 15 heteroatoms. The zero-order chi connectivity index (χ0) is 36.1. The summed E-state index contributed by atoms with van der Waals surface area (Å²) in [5.41, 5.74) is 0.357. The number of carbonyl (C=O) groups is 3. The Bertz CT molecular complexity index is 1420. The number of benzene rings is 1. The van der Waals surface area contributed by atoms with Gasteiger partial charge < -0.3 is 34.8 Å². The molecule has 0 bridgehead atoms. The molecule has 3 heterocycles. The van der Waals surface area contributed by atoms with Gasteiger partial charge in [0.1, 0.15) is 17.9 Å². The highest BCUT2D eigenvalue weighted by molar-refractivity contribution is 5.97. The summed E-state index contributed by atoms with van der Waals surface area (Å²) in [5.74, 6) is -1.68. The number of methoxy groups -OCH3 is 1. The van der Waals surface area contributed by atoms with Crippen molar-refractivity contribution in [3.63, 3.8) is 0 Å². The highest BCUT2D eigenvalue weighted by Crippen LogP contribution is 2.44. The number of aliphatic carboxylic acids is 2. The Morgan fingerprint density at radius 3 is 2.39 bits per heavy atom. The van der Waals surface area contributed by atoms with Crippen molar-refractivity contribution in [2.75, 3.05) is 64.4 Å². The molecule has 2 aromatic rings. The molecule has 2 aliphatic heterocycles. The number of likely N-dealkylation sites (tertiary alicyclic amines) is 1. The number of ether oxygens (including phenoxy) is 2. The van der Waals surface area contributed by atoms with Crippen molar-refractivity contribution in [3.8, 4) is 11.6 Å². The van der Waals surface area contributed by atoms with Crippen LogP contribution in [-0.2, 0) is 14.3 Å². The summed E-state index contributed by atoms with van der Waals surface area (Å²) >= 11 is 0. The van der Waals surface area contributed by atoms with Gasteiger partial charge in [-0.05, 0) is 64.3 Å². The SMILES string of the molecule is CCN(C(=O)c1cc(F)ccc1Oc1nncnc1N1CCC2(C1)CN(C(CCNCCOC)C(C)C)C2)C(C)C.O=C(O)/C=C/C(=O)O. The molecule has 1 amide bonds. The first-order valence-corrected chi connectivity index (χ1v) is 16.6. The number of hydrogen-bond donors (Lipinski definition) is 3. The summed E-state index contributed by atoms with van der Waals surface area (Å²) in [6.45, 7) is 17.2. The number of halogens is 1. The fourth-order valence-electron chi connectivity index (χ4n) is 6.36. The molecule has 1 spiro atoms. The first-order valence-electron chi connectivity index (χ1n) is 16.6. The summed E-state index contributed by atoms with van der Waals surface area (Å²) in [4.78, 5) is 43.4. The lowest BCUT2D eigenvalue weighted by atomic mass is 9.76. The van der Waals surface area contributed by atoms with E-state index in [0.29, 0.717) is 36.5 Å². The van der Waals surface area contributed by atoms with Gasteiger partial charge in [0.15, 0.2) is 5.82 Å². The van der Waals surface area contributed by atoms with E-state index >= 15 is 0 Å². The van der Waals surface area contributed by atoms with Crippen LogP contribution in [0, 0.1) is 17.2 Å². The van der Waals surface area contributed by atoms with Gasteiger partial charge in [-0.15, -0.1) is 10.2 Å². The van der Waals surface area contributed by atoms with E-state index in [4.69, 9.17) is 19.7 Å². The number of carboxylic acids is 2. The van der Waals surface area contributed by atoms with Crippen LogP contribution in [0.2, 0.25) is 0 Å². The van der Waals surface area contributed by atoms with Crippen molar-refractivity contribution < 1.29 is 38.5 Å². The first-order chi connectivity index (χ1) is 23.3. The molecule has 4 rings (SSSR count). The predicted molar refractivity (Wildman–Crippen MR) is 181 cm³/mol. The average molecular weight is 688 g/mol. The molecule has 0 saturated carbocycles. The molecule has 0 aliphatic carbocycles. The molecule has 1 unspecified atom stereocenters. The Labute approximate surface area is 287 Å². The van der Waals surface area contributed by atoms with E-state index in [0.717, 1.165) is 58.7 Å². The number of rotatable bonds is 16. The van der Waals surface area contributed by atoms with Gasteiger partial charge in [-0.1, -0.05) is 13.8 Å². The minimum Gasteiger partial charge on any atom is -0.478 e. The van der Waals surface area contributed by atoms with Crippen LogP contribution in [-0.4, -0.2) is 125 Å². The molecule has 1 aromatic heterocycles. The Balaban J connectivity index is 0.000000723. The molecular formula is C34H50FN7O7. The lowest BCUT2D eigenvalue weighted by Gasteiger charge is -2.53. The van der Waals surface area contributed by atoms with Gasteiger partial charge in [0, 0.05) is 76.0 Å². The Morgan fingerprint density at radius 2 is 1.80 bits per heavy atom. The molecule has 49 heavy (non-hydrogen) atoms. The van der Waals surface area contributed by atoms with Crippen LogP contribution in [0.5, 0.6) is 11.6 Å². The standard InChI is InChI=1S/C30H46FN7O3.C4H4O4/c1-7-38(22(4)5)29(39)24-16-23(31)8-9-26(24)41-28-27(33-20-34-35-28)36-14-11-30(17-36)18-37(19-30)25(21(2)3)10-12-32-13-15-40-6;5-3(6)1-2-4(7)8/h8-9,16,20-22,25,32H,7,10-15,17-19H2,1-6H3;1-2H,(H,5,6)(H,7,8)/b;2-1+. The molecular weight excluding hydrogens is 637 g/mol. The Kier molecular flexibility index (Phi) is 14.8. The van der Waals surface area contributed by atoms with Gasteiger partial charge in [-0.25, -0.2) is 19.0 Å². The fourth-order valence-corrected chi connectivity index (χ4v) is 6.36. The van der Waals surface area contributed by atoms with Gasteiger partial charge in [0.05, 0.1) is 12.2 Å². The van der Waals surface area contributed by atoms with Crippen LogP contribution in [0.3, 0.4) is 0 Å². The number of carbonyl (C=O) groups excluding carboxylic acids is 1. The summed E-state index contributed by atoms with van der Waals surface area (Å²) in [6.07, 6.45) is 4.70. The third-order valence-electron chi connectivity index (χ3n) is 8.70. The average Bonchev–Trinajstić information content (AvgIpc) is 3.48. The van der Waals surface area contributed by atoms with E-state index in [1.165, 1.54) is 24.5 Å². The fraction of sp³-hybridized carbons (Fsp3) is 0.588. The van der Waals surface area contributed by atoms with Crippen molar-refractivity contribution in [3.05, 3.63) is 48.1 Å². The summed E-state index contributed by atoms with van der Waals surface area (Å²) in [7, 11) is 1.73. The molecule has 1 atom stereocenters. The maximum Gasteiger partial charge on any atom is 0.328 e. The quantitative estimate of drug-likeness (QED) is 0.173.